The number of fused-ring (bicyclic) bond motifs is 1. The van der Waals surface area contributed by atoms with Crippen LogP contribution in [0.15, 0.2) is 42.0 Å². The fraction of sp³-hybridized carbons (Fsp3) is 0.444. The molecule has 2 aromatic rings. The van der Waals surface area contributed by atoms with Crippen molar-refractivity contribution in [2.45, 2.75) is 70.6 Å². The summed E-state index contributed by atoms with van der Waals surface area (Å²) in [5.74, 6) is -0.398. The lowest BCUT2D eigenvalue weighted by Gasteiger charge is -2.08. The molecule has 0 saturated carbocycles. The molecule has 6 nitrogen and oxygen atoms in total. The standard InChI is InChI=1S/C27H33NO5/c29-25-19-23(27(32)28-25)17-20-11-12-22-18-24(14-13-21(22)16-20)33-15-9-7-5-3-1-2-4-6-8-10-26(30)31/h11-14,16-18H,1-10,15,19H2,(H,30,31)(H,28,29,32)/b23-17+. The molecule has 1 aliphatic rings. The summed E-state index contributed by atoms with van der Waals surface area (Å²) in [6, 6.07) is 12.0. The van der Waals surface area contributed by atoms with Gasteiger partial charge in [0.05, 0.1) is 13.0 Å². The van der Waals surface area contributed by atoms with Gasteiger partial charge in [-0.15, -0.1) is 0 Å². The van der Waals surface area contributed by atoms with Gasteiger partial charge in [0.25, 0.3) is 5.91 Å². The second-order valence-electron chi connectivity index (χ2n) is 8.67. The molecule has 1 aliphatic heterocycles. The first-order chi connectivity index (χ1) is 16.0. The highest BCUT2D eigenvalue weighted by molar-refractivity contribution is 6.15. The van der Waals surface area contributed by atoms with Gasteiger partial charge in [-0.05, 0) is 53.5 Å². The Hall–Kier alpha value is -3.15. The van der Waals surface area contributed by atoms with E-state index in [9.17, 15) is 14.4 Å². The van der Waals surface area contributed by atoms with Crippen LogP contribution >= 0.6 is 0 Å². The van der Waals surface area contributed by atoms with Crippen LogP contribution in [0, 0.1) is 0 Å². The van der Waals surface area contributed by atoms with Crippen molar-refractivity contribution >= 4 is 34.6 Å². The number of ether oxygens (including phenoxy) is 1. The summed E-state index contributed by atoms with van der Waals surface area (Å²) in [4.78, 5) is 33.5. The normalized spacial score (nSPS) is 14.7. The summed E-state index contributed by atoms with van der Waals surface area (Å²) in [6.45, 7) is 0.702. The van der Waals surface area contributed by atoms with E-state index in [-0.39, 0.29) is 18.2 Å². The van der Waals surface area contributed by atoms with Crippen LogP contribution in [0.4, 0.5) is 0 Å². The zero-order valence-corrected chi connectivity index (χ0v) is 19.1. The van der Waals surface area contributed by atoms with Crippen molar-refractivity contribution in [3.63, 3.8) is 0 Å². The van der Waals surface area contributed by atoms with Crippen LogP contribution in [0.3, 0.4) is 0 Å². The molecule has 2 N–H and O–H groups in total. The van der Waals surface area contributed by atoms with E-state index in [2.05, 4.69) is 5.32 Å². The van der Waals surface area contributed by atoms with Gasteiger partial charge in [-0.2, -0.15) is 0 Å². The molecular formula is C27H33NO5. The van der Waals surface area contributed by atoms with Crippen LogP contribution in [-0.4, -0.2) is 29.5 Å². The van der Waals surface area contributed by atoms with Gasteiger partial charge in [-0.1, -0.05) is 63.1 Å². The van der Waals surface area contributed by atoms with E-state index < -0.39 is 5.97 Å². The van der Waals surface area contributed by atoms with E-state index in [1.807, 2.05) is 36.4 Å². The lowest BCUT2D eigenvalue weighted by Crippen LogP contribution is -2.19. The third-order valence-electron chi connectivity index (χ3n) is 5.88. The number of amides is 2. The Balaban J connectivity index is 1.33. The van der Waals surface area contributed by atoms with Gasteiger partial charge >= 0.3 is 5.97 Å². The molecule has 0 unspecified atom stereocenters. The average Bonchev–Trinajstić information content (AvgIpc) is 3.10. The van der Waals surface area contributed by atoms with Crippen molar-refractivity contribution in [2.24, 2.45) is 0 Å². The zero-order chi connectivity index (χ0) is 23.5. The van der Waals surface area contributed by atoms with Crippen molar-refractivity contribution in [1.82, 2.24) is 5.32 Å². The molecule has 0 bridgehead atoms. The summed E-state index contributed by atoms with van der Waals surface area (Å²) in [5, 5.41) is 13.0. The molecule has 2 aromatic carbocycles. The van der Waals surface area contributed by atoms with E-state index in [0.29, 0.717) is 18.6 Å². The number of carboxylic acids is 1. The SMILES string of the molecule is O=C(O)CCCCCCCCCCCOc1ccc2cc(/C=C3\CC(=O)NC3=O)ccc2c1. The van der Waals surface area contributed by atoms with Crippen LogP contribution in [0.2, 0.25) is 0 Å². The summed E-state index contributed by atoms with van der Waals surface area (Å²) in [5.41, 5.74) is 1.39. The number of hydrogen-bond donors (Lipinski definition) is 2. The van der Waals surface area contributed by atoms with Crippen molar-refractivity contribution in [1.29, 1.82) is 0 Å². The number of benzene rings is 2. The summed E-state index contributed by atoms with van der Waals surface area (Å²) in [7, 11) is 0. The number of rotatable bonds is 14. The fourth-order valence-electron chi connectivity index (χ4n) is 4.05. The Labute approximate surface area is 195 Å². The first kappa shape index (κ1) is 24.5. The second-order valence-corrected chi connectivity index (χ2v) is 8.67. The highest BCUT2D eigenvalue weighted by Gasteiger charge is 2.23. The molecule has 1 heterocycles. The number of hydrogen-bond acceptors (Lipinski definition) is 4. The van der Waals surface area contributed by atoms with Crippen molar-refractivity contribution in [2.75, 3.05) is 6.61 Å². The molecule has 0 aliphatic carbocycles. The van der Waals surface area contributed by atoms with E-state index >= 15 is 0 Å². The van der Waals surface area contributed by atoms with Crippen LogP contribution in [0.5, 0.6) is 5.75 Å². The maximum absolute atomic E-state index is 11.7. The van der Waals surface area contributed by atoms with E-state index in [1.165, 1.54) is 25.7 Å². The van der Waals surface area contributed by atoms with Gasteiger partial charge in [0.2, 0.25) is 5.91 Å². The molecule has 0 radical (unpaired) electrons. The highest BCUT2D eigenvalue weighted by atomic mass is 16.5. The summed E-state index contributed by atoms with van der Waals surface area (Å²) < 4.78 is 5.92. The van der Waals surface area contributed by atoms with Crippen LogP contribution in [0.25, 0.3) is 16.8 Å². The molecule has 1 saturated heterocycles. The minimum absolute atomic E-state index is 0.137. The molecular weight excluding hydrogens is 418 g/mol. The number of carbonyl (C=O) groups excluding carboxylic acids is 2. The molecule has 3 rings (SSSR count). The number of imide groups is 1. The molecule has 33 heavy (non-hydrogen) atoms. The zero-order valence-electron chi connectivity index (χ0n) is 19.1. The number of carboxylic acid groups (broad SMARTS) is 1. The Kier molecular flexibility index (Phi) is 9.48. The van der Waals surface area contributed by atoms with Crippen LogP contribution in [0.1, 0.15) is 76.2 Å². The van der Waals surface area contributed by atoms with Gasteiger partial charge < -0.3 is 9.84 Å². The van der Waals surface area contributed by atoms with Gasteiger partial charge in [0, 0.05) is 12.0 Å². The number of aliphatic carboxylic acids is 1. The highest BCUT2D eigenvalue weighted by Crippen LogP contribution is 2.24. The molecule has 6 heteroatoms. The molecule has 0 spiro atoms. The number of nitrogens with one attached hydrogen (secondary N) is 1. The van der Waals surface area contributed by atoms with E-state index in [0.717, 1.165) is 54.2 Å². The Morgan fingerprint density at radius 1 is 0.879 bits per heavy atom. The fourth-order valence-corrected chi connectivity index (χ4v) is 4.05. The van der Waals surface area contributed by atoms with Crippen LogP contribution in [-0.2, 0) is 14.4 Å². The predicted molar refractivity (Wildman–Crippen MR) is 129 cm³/mol. The third kappa shape index (κ3) is 8.37. The Bertz CT molecular complexity index is 1010. The first-order valence-corrected chi connectivity index (χ1v) is 11.9. The largest absolute Gasteiger partial charge is 0.494 e. The van der Waals surface area contributed by atoms with Crippen molar-refractivity contribution in [3.8, 4) is 5.75 Å². The Morgan fingerprint density at radius 2 is 1.52 bits per heavy atom. The van der Waals surface area contributed by atoms with Gasteiger partial charge in [0.1, 0.15) is 5.75 Å². The minimum Gasteiger partial charge on any atom is -0.494 e. The van der Waals surface area contributed by atoms with E-state index in [4.69, 9.17) is 9.84 Å². The maximum Gasteiger partial charge on any atom is 0.303 e. The molecule has 2 amide bonds. The molecule has 1 fully saturated rings. The topological polar surface area (TPSA) is 92.7 Å². The smallest absolute Gasteiger partial charge is 0.303 e. The Morgan fingerprint density at radius 3 is 2.18 bits per heavy atom. The molecule has 176 valence electrons. The quantitative estimate of drug-likeness (QED) is 0.220. The predicted octanol–water partition coefficient (Wildman–Crippen LogP) is 5.63. The second kappa shape index (κ2) is 12.8. The van der Waals surface area contributed by atoms with Gasteiger partial charge in [0.15, 0.2) is 0 Å². The van der Waals surface area contributed by atoms with E-state index in [1.54, 1.807) is 6.08 Å². The van der Waals surface area contributed by atoms with Crippen molar-refractivity contribution in [3.05, 3.63) is 47.5 Å². The van der Waals surface area contributed by atoms with Gasteiger partial charge in [-0.25, -0.2) is 0 Å². The molecule has 0 aromatic heterocycles. The first-order valence-electron chi connectivity index (χ1n) is 11.9. The lowest BCUT2D eigenvalue weighted by atomic mass is 10.0. The maximum atomic E-state index is 11.7. The van der Waals surface area contributed by atoms with Gasteiger partial charge in [-0.3, -0.25) is 19.7 Å². The number of carbonyl (C=O) groups is 3. The number of unbranched alkanes of at least 4 members (excludes halogenated alkanes) is 8. The van der Waals surface area contributed by atoms with Crippen molar-refractivity contribution < 1.29 is 24.2 Å². The average molecular weight is 452 g/mol. The minimum atomic E-state index is -0.696. The van der Waals surface area contributed by atoms with Crippen LogP contribution < -0.4 is 10.1 Å². The molecule has 0 atom stereocenters. The summed E-state index contributed by atoms with van der Waals surface area (Å²) in [6.07, 6.45) is 12.2. The lowest BCUT2D eigenvalue weighted by molar-refractivity contribution is -0.137. The monoisotopic (exact) mass is 451 g/mol. The third-order valence-corrected chi connectivity index (χ3v) is 5.88. The summed E-state index contributed by atoms with van der Waals surface area (Å²) >= 11 is 0.